The summed E-state index contributed by atoms with van der Waals surface area (Å²) in [5.74, 6) is -0.212. The van der Waals surface area contributed by atoms with Gasteiger partial charge in [-0.2, -0.15) is 0 Å². The Balaban J connectivity index is 1.72. The largest absolute Gasteiger partial charge is 0.354 e. The standard InChI is InChI=1S/C21H21N3O/c1-14-8-9-16(3)20(12-14)24-21(25)19-11-10-17(13-22-19)23-18-7-5-4-6-15(18)2/h4-13,23H,1-3H3,(H,24,25). The van der Waals surface area contributed by atoms with Gasteiger partial charge in [0.2, 0.25) is 0 Å². The zero-order valence-corrected chi connectivity index (χ0v) is 14.6. The molecule has 0 atom stereocenters. The maximum atomic E-state index is 12.4. The lowest BCUT2D eigenvalue weighted by atomic mass is 10.1. The molecule has 0 radical (unpaired) electrons. The molecule has 0 aliphatic heterocycles. The van der Waals surface area contributed by atoms with Gasteiger partial charge in [0.25, 0.3) is 5.91 Å². The fourth-order valence-electron chi connectivity index (χ4n) is 2.53. The number of nitrogens with one attached hydrogen (secondary N) is 2. The highest BCUT2D eigenvalue weighted by Gasteiger charge is 2.09. The summed E-state index contributed by atoms with van der Waals surface area (Å²) in [6, 6.07) is 17.6. The number of hydrogen-bond acceptors (Lipinski definition) is 3. The van der Waals surface area contributed by atoms with Crippen LogP contribution in [0.3, 0.4) is 0 Å². The molecule has 1 amide bonds. The van der Waals surface area contributed by atoms with Gasteiger partial charge in [-0.3, -0.25) is 4.79 Å². The predicted molar refractivity (Wildman–Crippen MR) is 103 cm³/mol. The first-order chi connectivity index (χ1) is 12.0. The summed E-state index contributed by atoms with van der Waals surface area (Å²) in [6.07, 6.45) is 1.67. The molecular formula is C21H21N3O. The van der Waals surface area contributed by atoms with Crippen LogP contribution in [0, 0.1) is 20.8 Å². The van der Waals surface area contributed by atoms with Crippen molar-refractivity contribution in [2.24, 2.45) is 0 Å². The number of carbonyl (C=O) groups excluding carboxylic acids is 1. The van der Waals surface area contributed by atoms with Crippen molar-refractivity contribution in [3.05, 3.63) is 83.2 Å². The Morgan fingerprint density at radius 2 is 1.64 bits per heavy atom. The summed E-state index contributed by atoms with van der Waals surface area (Å²) in [6.45, 7) is 6.01. The fraction of sp³-hybridized carbons (Fsp3) is 0.143. The van der Waals surface area contributed by atoms with Gasteiger partial charge in [-0.1, -0.05) is 30.3 Å². The minimum absolute atomic E-state index is 0.212. The Kier molecular flexibility index (Phi) is 4.80. The second kappa shape index (κ2) is 7.18. The van der Waals surface area contributed by atoms with E-state index in [1.165, 1.54) is 0 Å². The zero-order chi connectivity index (χ0) is 17.8. The van der Waals surface area contributed by atoms with Crippen LogP contribution in [0.15, 0.2) is 60.8 Å². The second-order valence-electron chi connectivity index (χ2n) is 6.14. The average molecular weight is 331 g/mol. The lowest BCUT2D eigenvalue weighted by Gasteiger charge is -2.11. The number of para-hydroxylation sites is 1. The molecule has 0 saturated carbocycles. The van der Waals surface area contributed by atoms with Crippen LogP contribution in [-0.4, -0.2) is 10.9 Å². The molecule has 126 valence electrons. The van der Waals surface area contributed by atoms with E-state index >= 15 is 0 Å². The van der Waals surface area contributed by atoms with Gasteiger partial charge >= 0.3 is 0 Å². The molecule has 0 spiro atoms. The maximum Gasteiger partial charge on any atom is 0.274 e. The molecule has 1 aromatic heterocycles. The van der Waals surface area contributed by atoms with Crippen LogP contribution in [0.25, 0.3) is 0 Å². The van der Waals surface area contributed by atoms with E-state index in [1.807, 2.05) is 69.3 Å². The first-order valence-corrected chi connectivity index (χ1v) is 8.20. The van der Waals surface area contributed by atoms with Crippen LogP contribution in [0.1, 0.15) is 27.2 Å². The molecule has 1 heterocycles. The van der Waals surface area contributed by atoms with Gasteiger partial charge in [0.15, 0.2) is 0 Å². The van der Waals surface area contributed by atoms with Crippen molar-refractivity contribution >= 4 is 23.0 Å². The summed E-state index contributed by atoms with van der Waals surface area (Å²) >= 11 is 0. The van der Waals surface area contributed by atoms with Crippen LogP contribution >= 0.6 is 0 Å². The Morgan fingerprint density at radius 3 is 2.36 bits per heavy atom. The van der Waals surface area contributed by atoms with Crippen LogP contribution < -0.4 is 10.6 Å². The molecule has 25 heavy (non-hydrogen) atoms. The van der Waals surface area contributed by atoms with Crippen molar-refractivity contribution in [3.63, 3.8) is 0 Å². The zero-order valence-electron chi connectivity index (χ0n) is 14.6. The minimum atomic E-state index is -0.212. The van der Waals surface area contributed by atoms with Crippen molar-refractivity contribution in [1.29, 1.82) is 0 Å². The monoisotopic (exact) mass is 331 g/mol. The summed E-state index contributed by atoms with van der Waals surface area (Å²) in [5, 5.41) is 6.23. The molecule has 4 heteroatoms. The predicted octanol–water partition coefficient (Wildman–Crippen LogP) is 5.00. The molecule has 0 aliphatic rings. The molecule has 0 bridgehead atoms. The quantitative estimate of drug-likeness (QED) is 0.707. The topological polar surface area (TPSA) is 54.0 Å². The van der Waals surface area contributed by atoms with E-state index < -0.39 is 0 Å². The molecule has 2 aromatic carbocycles. The molecular weight excluding hydrogens is 310 g/mol. The van der Waals surface area contributed by atoms with E-state index in [1.54, 1.807) is 12.3 Å². The Morgan fingerprint density at radius 1 is 0.880 bits per heavy atom. The summed E-state index contributed by atoms with van der Waals surface area (Å²) in [7, 11) is 0. The van der Waals surface area contributed by atoms with Crippen LogP contribution in [0.5, 0.6) is 0 Å². The minimum Gasteiger partial charge on any atom is -0.354 e. The number of aromatic nitrogens is 1. The van der Waals surface area contributed by atoms with E-state index in [0.717, 1.165) is 33.8 Å². The highest BCUT2D eigenvalue weighted by molar-refractivity contribution is 6.03. The molecule has 4 nitrogen and oxygen atoms in total. The summed E-state index contributed by atoms with van der Waals surface area (Å²) < 4.78 is 0. The van der Waals surface area contributed by atoms with Gasteiger partial charge in [-0.05, 0) is 61.7 Å². The van der Waals surface area contributed by atoms with Crippen molar-refractivity contribution in [2.45, 2.75) is 20.8 Å². The lowest BCUT2D eigenvalue weighted by Crippen LogP contribution is -2.14. The van der Waals surface area contributed by atoms with Crippen molar-refractivity contribution < 1.29 is 4.79 Å². The number of anilines is 3. The highest BCUT2D eigenvalue weighted by Crippen LogP contribution is 2.20. The second-order valence-corrected chi connectivity index (χ2v) is 6.14. The summed E-state index contributed by atoms with van der Waals surface area (Å²) in [4.78, 5) is 16.7. The third kappa shape index (κ3) is 4.04. The number of benzene rings is 2. The first kappa shape index (κ1) is 16.7. The van der Waals surface area contributed by atoms with Crippen LogP contribution in [-0.2, 0) is 0 Å². The van der Waals surface area contributed by atoms with Gasteiger partial charge in [0.05, 0.1) is 11.9 Å². The highest BCUT2D eigenvalue weighted by atomic mass is 16.1. The first-order valence-electron chi connectivity index (χ1n) is 8.20. The number of hydrogen-bond donors (Lipinski definition) is 2. The maximum absolute atomic E-state index is 12.4. The number of pyridine rings is 1. The van der Waals surface area contributed by atoms with E-state index in [9.17, 15) is 4.79 Å². The number of aryl methyl sites for hydroxylation is 3. The number of carbonyl (C=O) groups is 1. The third-order valence-corrected chi connectivity index (χ3v) is 4.06. The smallest absolute Gasteiger partial charge is 0.274 e. The molecule has 3 aromatic rings. The summed E-state index contributed by atoms with van der Waals surface area (Å²) in [5.41, 5.74) is 6.35. The molecule has 2 N–H and O–H groups in total. The lowest BCUT2D eigenvalue weighted by molar-refractivity contribution is 0.102. The van der Waals surface area contributed by atoms with Gasteiger partial charge in [0.1, 0.15) is 5.69 Å². The third-order valence-electron chi connectivity index (χ3n) is 4.06. The molecule has 3 rings (SSSR count). The molecule has 0 aliphatic carbocycles. The van der Waals surface area contributed by atoms with Gasteiger partial charge in [-0.25, -0.2) is 4.98 Å². The van der Waals surface area contributed by atoms with Crippen molar-refractivity contribution in [1.82, 2.24) is 4.98 Å². The molecule has 0 fully saturated rings. The van der Waals surface area contributed by atoms with Crippen LogP contribution in [0.2, 0.25) is 0 Å². The average Bonchev–Trinajstić information content (AvgIpc) is 2.61. The Hall–Kier alpha value is -3.14. The SMILES string of the molecule is Cc1ccc(C)c(NC(=O)c2ccc(Nc3ccccc3C)cn2)c1. The number of nitrogens with zero attached hydrogens (tertiary/aromatic N) is 1. The number of rotatable bonds is 4. The fourth-order valence-corrected chi connectivity index (χ4v) is 2.53. The normalized spacial score (nSPS) is 10.4. The van der Waals surface area contributed by atoms with E-state index in [2.05, 4.69) is 15.6 Å². The van der Waals surface area contributed by atoms with Gasteiger partial charge in [0, 0.05) is 11.4 Å². The van der Waals surface area contributed by atoms with Crippen molar-refractivity contribution in [3.8, 4) is 0 Å². The number of amides is 1. The molecule has 0 saturated heterocycles. The Bertz CT molecular complexity index is 901. The van der Waals surface area contributed by atoms with E-state index in [0.29, 0.717) is 5.69 Å². The van der Waals surface area contributed by atoms with E-state index in [4.69, 9.17) is 0 Å². The molecule has 0 unspecified atom stereocenters. The van der Waals surface area contributed by atoms with Crippen LogP contribution in [0.4, 0.5) is 17.1 Å². The van der Waals surface area contributed by atoms with Crippen molar-refractivity contribution in [2.75, 3.05) is 10.6 Å². The Labute approximate surface area is 147 Å². The van der Waals surface area contributed by atoms with E-state index in [-0.39, 0.29) is 5.91 Å². The van der Waals surface area contributed by atoms with Gasteiger partial charge in [-0.15, -0.1) is 0 Å². The van der Waals surface area contributed by atoms with Gasteiger partial charge < -0.3 is 10.6 Å².